The molecule has 4 N–H and O–H groups in total. The second kappa shape index (κ2) is 5.41. The minimum absolute atomic E-state index is 0.0450. The van der Waals surface area contributed by atoms with Crippen LogP contribution in [0.5, 0.6) is 0 Å². The van der Waals surface area contributed by atoms with Crippen molar-refractivity contribution in [1.82, 2.24) is 0 Å². The Balaban J connectivity index is 2.47. The van der Waals surface area contributed by atoms with Crippen molar-refractivity contribution in [3.05, 3.63) is 10.4 Å². The molecule has 2 unspecified atom stereocenters. The molecule has 1 aliphatic rings. The van der Waals surface area contributed by atoms with Crippen LogP contribution in [0.4, 0.5) is 10.7 Å². The van der Waals surface area contributed by atoms with Crippen LogP contribution in [0.3, 0.4) is 0 Å². The van der Waals surface area contributed by atoms with Gasteiger partial charge in [-0.15, -0.1) is 11.3 Å². The molecular formula is C13H19N3O3S. The Hall–Kier alpha value is -1.60. The van der Waals surface area contributed by atoms with Crippen molar-refractivity contribution in [2.45, 2.75) is 33.0 Å². The van der Waals surface area contributed by atoms with Crippen molar-refractivity contribution in [2.75, 3.05) is 23.7 Å². The summed E-state index contributed by atoms with van der Waals surface area (Å²) in [5, 5.41) is 0.669. The van der Waals surface area contributed by atoms with E-state index >= 15 is 0 Å². The van der Waals surface area contributed by atoms with Crippen LogP contribution in [0, 0.1) is 0 Å². The molecule has 2 rings (SSSR count). The summed E-state index contributed by atoms with van der Waals surface area (Å²) < 4.78 is 5.67. The number of primary amides is 1. The second-order valence-electron chi connectivity index (χ2n) is 5.11. The molecule has 1 amide bonds. The van der Waals surface area contributed by atoms with Crippen LogP contribution in [0.1, 0.15) is 40.8 Å². The number of nitrogen functional groups attached to an aromatic ring is 1. The molecule has 0 spiro atoms. The highest BCUT2D eigenvalue weighted by molar-refractivity contribution is 7.19. The van der Waals surface area contributed by atoms with Gasteiger partial charge in [0.2, 0.25) is 0 Å². The van der Waals surface area contributed by atoms with Crippen molar-refractivity contribution in [3.8, 4) is 0 Å². The third-order valence-corrected chi connectivity index (χ3v) is 4.57. The van der Waals surface area contributed by atoms with E-state index in [1.165, 1.54) is 18.3 Å². The predicted octanol–water partition coefficient (Wildman–Crippen LogP) is 1.25. The van der Waals surface area contributed by atoms with E-state index in [-0.39, 0.29) is 29.2 Å². The summed E-state index contributed by atoms with van der Waals surface area (Å²) in [6.45, 7) is 6.65. The normalized spacial score (nSPS) is 22.9. The molecule has 20 heavy (non-hydrogen) atoms. The lowest BCUT2D eigenvalue weighted by atomic mass is 10.1. The van der Waals surface area contributed by atoms with Crippen LogP contribution in [0.25, 0.3) is 0 Å². The summed E-state index contributed by atoms with van der Waals surface area (Å²) in [5.74, 6) is -0.761. The molecule has 0 saturated carbocycles. The number of amides is 1. The molecule has 1 saturated heterocycles. The van der Waals surface area contributed by atoms with E-state index in [1.54, 1.807) is 0 Å². The number of morpholine rings is 1. The number of nitrogens with zero attached hydrogens (tertiary/aromatic N) is 1. The van der Waals surface area contributed by atoms with Gasteiger partial charge in [0.25, 0.3) is 5.91 Å². The maximum absolute atomic E-state index is 11.7. The molecule has 0 aliphatic carbocycles. The molecule has 2 atom stereocenters. The van der Waals surface area contributed by atoms with Crippen LogP contribution < -0.4 is 16.4 Å². The van der Waals surface area contributed by atoms with Crippen LogP contribution in [0.15, 0.2) is 0 Å². The standard InChI is InChI=1S/C13H19N3O3S/c1-6-4-16(5-7(2)19-6)13-9(12(15)18)10(14)11(20-13)8(3)17/h6-7H,4-5,14H2,1-3H3,(H2,15,18). The molecule has 110 valence electrons. The van der Waals surface area contributed by atoms with Crippen molar-refractivity contribution < 1.29 is 14.3 Å². The Morgan fingerprint density at radius 2 is 1.85 bits per heavy atom. The lowest BCUT2D eigenvalue weighted by molar-refractivity contribution is -0.00505. The van der Waals surface area contributed by atoms with Crippen molar-refractivity contribution >= 4 is 33.7 Å². The van der Waals surface area contributed by atoms with Gasteiger partial charge < -0.3 is 21.1 Å². The first kappa shape index (κ1) is 14.8. The first-order valence-electron chi connectivity index (χ1n) is 6.44. The Labute approximate surface area is 121 Å². The van der Waals surface area contributed by atoms with Crippen molar-refractivity contribution in [2.24, 2.45) is 5.73 Å². The van der Waals surface area contributed by atoms with Gasteiger partial charge in [-0.1, -0.05) is 0 Å². The predicted molar refractivity (Wildman–Crippen MR) is 79.5 cm³/mol. The molecule has 0 aromatic carbocycles. The van der Waals surface area contributed by atoms with E-state index in [9.17, 15) is 9.59 Å². The topological polar surface area (TPSA) is 98.6 Å². The summed E-state index contributed by atoms with van der Waals surface area (Å²) in [6.07, 6.45) is 0.0900. The first-order chi connectivity index (χ1) is 9.31. The molecule has 1 aliphatic heterocycles. The number of ether oxygens (including phenoxy) is 1. The highest BCUT2D eigenvalue weighted by atomic mass is 32.1. The third-order valence-electron chi connectivity index (χ3n) is 3.20. The number of hydrogen-bond donors (Lipinski definition) is 2. The maximum Gasteiger partial charge on any atom is 0.253 e. The zero-order chi connectivity index (χ0) is 15.0. The molecular weight excluding hydrogens is 278 g/mol. The number of carbonyl (C=O) groups excluding carboxylic acids is 2. The third kappa shape index (κ3) is 2.64. The number of anilines is 2. The van der Waals surface area contributed by atoms with Gasteiger partial charge in [-0.05, 0) is 13.8 Å². The van der Waals surface area contributed by atoms with E-state index in [2.05, 4.69) is 0 Å². The minimum Gasteiger partial charge on any atom is -0.397 e. The average molecular weight is 297 g/mol. The van der Waals surface area contributed by atoms with E-state index in [0.717, 1.165) is 0 Å². The van der Waals surface area contributed by atoms with Gasteiger partial charge >= 0.3 is 0 Å². The lowest BCUT2D eigenvalue weighted by Gasteiger charge is -2.36. The number of ketones is 1. The fourth-order valence-electron chi connectivity index (χ4n) is 2.50. The summed E-state index contributed by atoms with van der Waals surface area (Å²) in [4.78, 5) is 25.7. The van der Waals surface area contributed by atoms with Gasteiger partial charge in [0, 0.05) is 20.0 Å². The summed E-state index contributed by atoms with van der Waals surface area (Å²) in [5.41, 5.74) is 11.8. The second-order valence-corrected chi connectivity index (χ2v) is 6.11. The fraction of sp³-hybridized carbons (Fsp3) is 0.538. The highest BCUT2D eigenvalue weighted by Crippen LogP contribution is 2.39. The minimum atomic E-state index is -0.604. The van der Waals surface area contributed by atoms with Crippen molar-refractivity contribution in [3.63, 3.8) is 0 Å². The Morgan fingerprint density at radius 3 is 2.30 bits per heavy atom. The van der Waals surface area contributed by atoms with Gasteiger partial charge in [0.1, 0.15) is 5.00 Å². The Kier molecular flexibility index (Phi) is 4.01. The average Bonchev–Trinajstić information content (AvgIpc) is 2.65. The highest BCUT2D eigenvalue weighted by Gasteiger charge is 2.30. The van der Waals surface area contributed by atoms with Crippen LogP contribution in [0.2, 0.25) is 0 Å². The fourth-order valence-corrected chi connectivity index (χ4v) is 3.64. The van der Waals surface area contributed by atoms with E-state index in [4.69, 9.17) is 16.2 Å². The number of Topliss-reactive ketones (excluding diaryl/α,β-unsaturated/α-hetero) is 1. The van der Waals surface area contributed by atoms with Crippen molar-refractivity contribution in [1.29, 1.82) is 0 Å². The summed E-state index contributed by atoms with van der Waals surface area (Å²) in [7, 11) is 0. The zero-order valence-corrected chi connectivity index (χ0v) is 12.6. The largest absolute Gasteiger partial charge is 0.397 e. The van der Waals surface area contributed by atoms with Gasteiger partial charge in [-0.3, -0.25) is 9.59 Å². The number of thiophene rings is 1. The quantitative estimate of drug-likeness (QED) is 0.818. The van der Waals surface area contributed by atoms with Crippen LogP contribution in [-0.2, 0) is 4.74 Å². The van der Waals surface area contributed by atoms with Gasteiger partial charge in [-0.2, -0.15) is 0 Å². The number of carbonyl (C=O) groups is 2. The van der Waals surface area contributed by atoms with Gasteiger partial charge in [-0.25, -0.2) is 0 Å². The molecule has 7 heteroatoms. The molecule has 0 bridgehead atoms. The number of hydrogen-bond acceptors (Lipinski definition) is 6. The molecule has 1 aromatic heterocycles. The summed E-state index contributed by atoms with van der Waals surface area (Å²) in [6, 6.07) is 0. The zero-order valence-electron chi connectivity index (χ0n) is 11.8. The van der Waals surface area contributed by atoms with E-state index in [0.29, 0.717) is 23.0 Å². The molecule has 1 aromatic rings. The Morgan fingerprint density at radius 1 is 1.30 bits per heavy atom. The van der Waals surface area contributed by atoms with Gasteiger partial charge in [0.05, 0.1) is 28.3 Å². The molecule has 0 radical (unpaired) electrons. The number of rotatable bonds is 3. The lowest BCUT2D eigenvalue weighted by Crippen LogP contribution is -2.45. The molecule has 1 fully saturated rings. The van der Waals surface area contributed by atoms with Crippen LogP contribution >= 0.6 is 11.3 Å². The monoisotopic (exact) mass is 297 g/mol. The molecule has 2 heterocycles. The van der Waals surface area contributed by atoms with Crippen LogP contribution in [-0.4, -0.2) is 37.0 Å². The number of nitrogens with two attached hydrogens (primary N) is 2. The van der Waals surface area contributed by atoms with E-state index in [1.807, 2.05) is 18.7 Å². The summed E-state index contributed by atoms with van der Waals surface area (Å²) >= 11 is 1.23. The SMILES string of the molecule is CC(=O)c1sc(N2CC(C)OC(C)C2)c(C(N)=O)c1N. The Bertz CT molecular complexity index is 545. The smallest absolute Gasteiger partial charge is 0.253 e. The maximum atomic E-state index is 11.7. The van der Waals surface area contributed by atoms with E-state index < -0.39 is 5.91 Å². The van der Waals surface area contributed by atoms with Gasteiger partial charge in [0.15, 0.2) is 5.78 Å². The molecule has 6 nitrogen and oxygen atoms in total. The first-order valence-corrected chi connectivity index (χ1v) is 7.26.